The van der Waals surface area contributed by atoms with E-state index in [-0.39, 0.29) is 18.1 Å². The van der Waals surface area contributed by atoms with Gasteiger partial charge >= 0.3 is 11.7 Å². The third kappa shape index (κ3) is 3.46. The molecule has 0 amide bonds. The summed E-state index contributed by atoms with van der Waals surface area (Å²) in [5, 5.41) is 15.3. The van der Waals surface area contributed by atoms with Crippen LogP contribution in [0.4, 0.5) is 11.5 Å². The maximum Gasteiger partial charge on any atom is 0.333 e. The minimum atomic E-state index is -0.416. The first-order valence-electron chi connectivity index (χ1n) is 6.42. The molecular weight excluding hydrogens is 264 g/mol. The smallest absolute Gasteiger partial charge is 0.333 e. The van der Waals surface area contributed by atoms with E-state index in [4.69, 9.17) is 0 Å². The van der Waals surface area contributed by atoms with Gasteiger partial charge in [-0.25, -0.2) is 4.68 Å². The van der Waals surface area contributed by atoms with Crippen LogP contribution in [0.3, 0.4) is 0 Å². The predicted octanol–water partition coefficient (Wildman–Crippen LogP) is 1.51. The number of aromatic nitrogens is 2. The Bertz CT molecular complexity index is 498. The fourth-order valence-corrected chi connectivity index (χ4v) is 2.04. The van der Waals surface area contributed by atoms with E-state index < -0.39 is 4.92 Å². The van der Waals surface area contributed by atoms with Gasteiger partial charge in [0.15, 0.2) is 0 Å². The van der Waals surface area contributed by atoms with Gasteiger partial charge in [-0.05, 0) is 20.3 Å². The fourth-order valence-electron chi connectivity index (χ4n) is 2.04. The largest absolute Gasteiger partial charge is 0.469 e. The molecule has 1 aromatic rings. The number of ether oxygens (including phenoxy) is 1. The highest BCUT2D eigenvalue weighted by molar-refractivity contribution is 5.69. The first kappa shape index (κ1) is 15.9. The molecule has 0 atom stereocenters. The number of nitrogens with zero attached hydrogens (tertiary/aromatic N) is 4. The molecule has 0 saturated carbocycles. The topological polar surface area (TPSA) is 90.5 Å². The highest BCUT2D eigenvalue weighted by Gasteiger charge is 2.27. The number of carbonyl (C=O) groups excluding carboxylic acids is 1. The molecule has 0 unspecified atom stereocenters. The standard InChI is InChI=1S/C12H20N4O4/c1-5-15-12(11(16(18)19)9(2)13-15)14(3)8-6-7-10(17)20-4/h5-8H2,1-4H3. The summed E-state index contributed by atoms with van der Waals surface area (Å²) in [7, 11) is 3.10. The van der Waals surface area contributed by atoms with E-state index >= 15 is 0 Å². The summed E-state index contributed by atoms with van der Waals surface area (Å²) in [6.45, 7) is 4.56. The van der Waals surface area contributed by atoms with Crippen molar-refractivity contribution < 1.29 is 14.5 Å². The van der Waals surface area contributed by atoms with Crippen molar-refractivity contribution in [3.05, 3.63) is 15.8 Å². The highest BCUT2D eigenvalue weighted by Crippen LogP contribution is 2.30. The molecule has 0 N–H and O–H groups in total. The lowest BCUT2D eigenvalue weighted by molar-refractivity contribution is -0.384. The van der Waals surface area contributed by atoms with Crippen molar-refractivity contribution in [3.63, 3.8) is 0 Å². The molecular formula is C12H20N4O4. The third-order valence-corrected chi connectivity index (χ3v) is 3.02. The van der Waals surface area contributed by atoms with Crippen LogP contribution in [-0.2, 0) is 16.1 Å². The molecule has 0 aromatic carbocycles. The Morgan fingerprint density at radius 1 is 1.55 bits per heavy atom. The lowest BCUT2D eigenvalue weighted by Crippen LogP contribution is -2.23. The first-order valence-corrected chi connectivity index (χ1v) is 6.42. The third-order valence-electron chi connectivity index (χ3n) is 3.02. The van der Waals surface area contributed by atoms with Gasteiger partial charge in [0.05, 0.1) is 12.0 Å². The summed E-state index contributed by atoms with van der Waals surface area (Å²) in [4.78, 5) is 23.6. The van der Waals surface area contributed by atoms with Crippen LogP contribution in [0.2, 0.25) is 0 Å². The van der Waals surface area contributed by atoms with Crippen molar-refractivity contribution in [2.75, 3.05) is 25.6 Å². The Hall–Kier alpha value is -2.12. The van der Waals surface area contributed by atoms with Gasteiger partial charge in [-0.3, -0.25) is 14.9 Å². The molecule has 0 spiro atoms. The monoisotopic (exact) mass is 284 g/mol. The number of methoxy groups -OCH3 is 1. The average molecular weight is 284 g/mol. The van der Waals surface area contributed by atoms with Crippen LogP contribution in [0.25, 0.3) is 0 Å². The van der Waals surface area contributed by atoms with E-state index in [1.807, 2.05) is 6.92 Å². The molecule has 1 heterocycles. The lowest BCUT2D eigenvalue weighted by atomic mass is 10.3. The van der Waals surface area contributed by atoms with Crippen LogP contribution in [0, 0.1) is 17.0 Å². The normalized spacial score (nSPS) is 10.4. The summed E-state index contributed by atoms with van der Waals surface area (Å²) in [5.74, 6) is 0.188. The van der Waals surface area contributed by atoms with Crippen LogP contribution in [0.15, 0.2) is 0 Å². The molecule has 0 aliphatic rings. The minimum Gasteiger partial charge on any atom is -0.469 e. The zero-order valence-corrected chi connectivity index (χ0v) is 12.3. The summed E-state index contributed by atoms with van der Waals surface area (Å²) >= 11 is 0. The van der Waals surface area contributed by atoms with Crippen molar-refractivity contribution in [2.45, 2.75) is 33.2 Å². The Morgan fingerprint density at radius 3 is 2.70 bits per heavy atom. The van der Waals surface area contributed by atoms with Gasteiger partial charge in [0.1, 0.15) is 5.69 Å². The van der Waals surface area contributed by atoms with Gasteiger partial charge in [0.25, 0.3) is 0 Å². The second kappa shape index (κ2) is 6.88. The Balaban J connectivity index is 2.88. The maximum atomic E-state index is 11.2. The molecule has 0 saturated heterocycles. The van der Waals surface area contributed by atoms with E-state index in [0.29, 0.717) is 31.0 Å². The highest BCUT2D eigenvalue weighted by atomic mass is 16.6. The Labute approximate surface area is 117 Å². The molecule has 20 heavy (non-hydrogen) atoms. The van der Waals surface area contributed by atoms with Gasteiger partial charge in [-0.1, -0.05) is 0 Å². The van der Waals surface area contributed by atoms with Crippen molar-refractivity contribution in [3.8, 4) is 0 Å². The van der Waals surface area contributed by atoms with E-state index in [1.165, 1.54) is 7.11 Å². The number of hydrogen-bond acceptors (Lipinski definition) is 6. The van der Waals surface area contributed by atoms with E-state index in [9.17, 15) is 14.9 Å². The number of rotatable bonds is 7. The zero-order valence-electron chi connectivity index (χ0n) is 12.3. The van der Waals surface area contributed by atoms with E-state index in [2.05, 4.69) is 9.84 Å². The van der Waals surface area contributed by atoms with E-state index in [1.54, 1.807) is 23.6 Å². The lowest BCUT2D eigenvalue weighted by Gasteiger charge is -2.18. The SMILES string of the molecule is CCn1nc(C)c([N+](=O)[O-])c1N(C)CCCC(=O)OC. The number of esters is 1. The Kier molecular flexibility index (Phi) is 5.48. The molecule has 112 valence electrons. The molecule has 1 rings (SSSR count). The van der Waals surface area contributed by atoms with E-state index in [0.717, 1.165) is 0 Å². The molecule has 0 aliphatic carbocycles. The van der Waals surface area contributed by atoms with Gasteiger partial charge < -0.3 is 9.64 Å². The number of nitro groups is 1. The van der Waals surface area contributed by atoms with Crippen molar-refractivity contribution in [1.82, 2.24) is 9.78 Å². The Morgan fingerprint density at radius 2 is 2.20 bits per heavy atom. The second-order valence-corrected chi connectivity index (χ2v) is 4.43. The molecule has 1 aromatic heterocycles. The second-order valence-electron chi connectivity index (χ2n) is 4.43. The predicted molar refractivity (Wildman–Crippen MR) is 73.8 cm³/mol. The molecule has 0 radical (unpaired) electrons. The summed E-state index contributed by atoms with van der Waals surface area (Å²) in [6, 6.07) is 0. The quantitative estimate of drug-likeness (QED) is 0.428. The molecule has 8 nitrogen and oxygen atoms in total. The number of anilines is 1. The summed E-state index contributed by atoms with van der Waals surface area (Å²) < 4.78 is 6.17. The molecule has 0 bridgehead atoms. The molecule has 0 fully saturated rings. The molecule has 8 heteroatoms. The van der Waals surface area contributed by atoms with Crippen molar-refractivity contribution >= 4 is 17.5 Å². The van der Waals surface area contributed by atoms with Crippen LogP contribution >= 0.6 is 0 Å². The number of aryl methyl sites for hydroxylation is 2. The number of carbonyl (C=O) groups is 1. The van der Waals surface area contributed by atoms with Gasteiger partial charge in [0, 0.05) is 26.6 Å². The maximum absolute atomic E-state index is 11.2. The van der Waals surface area contributed by atoms with Crippen molar-refractivity contribution in [1.29, 1.82) is 0 Å². The summed E-state index contributed by atoms with van der Waals surface area (Å²) in [6.07, 6.45) is 0.849. The minimum absolute atomic E-state index is 0.0208. The van der Waals surface area contributed by atoms with Gasteiger partial charge in [-0.15, -0.1) is 0 Å². The van der Waals surface area contributed by atoms with Crippen molar-refractivity contribution in [2.24, 2.45) is 0 Å². The average Bonchev–Trinajstić information content (AvgIpc) is 2.75. The fraction of sp³-hybridized carbons (Fsp3) is 0.667. The summed E-state index contributed by atoms with van der Waals surface area (Å²) in [5.41, 5.74) is 0.416. The van der Waals surface area contributed by atoms with Crippen LogP contribution < -0.4 is 4.90 Å². The first-order chi connectivity index (χ1) is 9.42. The van der Waals surface area contributed by atoms with Crippen LogP contribution in [0.1, 0.15) is 25.5 Å². The van der Waals surface area contributed by atoms with Crippen LogP contribution in [0.5, 0.6) is 0 Å². The number of hydrogen-bond donors (Lipinski definition) is 0. The zero-order chi connectivity index (χ0) is 15.3. The van der Waals surface area contributed by atoms with Gasteiger partial charge in [0.2, 0.25) is 5.82 Å². The van der Waals surface area contributed by atoms with Gasteiger partial charge in [-0.2, -0.15) is 5.10 Å². The van der Waals surface area contributed by atoms with Crippen LogP contribution in [-0.4, -0.2) is 41.4 Å². The molecule has 0 aliphatic heterocycles.